The lowest BCUT2D eigenvalue weighted by atomic mass is 9.85. The molecule has 1 aliphatic heterocycles. The van der Waals surface area contributed by atoms with Crippen LogP contribution < -0.4 is 0 Å². The van der Waals surface area contributed by atoms with Crippen molar-refractivity contribution in [3.8, 4) is 0 Å². The average Bonchev–Trinajstić information content (AvgIpc) is 2.79. The quantitative estimate of drug-likeness (QED) is 0.529. The lowest BCUT2D eigenvalue weighted by Crippen LogP contribution is -2.37. The third-order valence-corrected chi connectivity index (χ3v) is 8.05. The van der Waals surface area contributed by atoms with E-state index in [1.165, 1.54) is 23.5 Å². The SMILES string of the molecule is COC(=O)Cc1cc(C2CCN(S(=O)(=O)c3ccc(C)cc3)CC2)c2cc(F)ccc2c1. The van der Waals surface area contributed by atoms with E-state index in [4.69, 9.17) is 4.74 Å². The van der Waals surface area contributed by atoms with Crippen molar-refractivity contribution < 1.29 is 22.3 Å². The molecule has 0 radical (unpaired) electrons. The van der Waals surface area contributed by atoms with Crippen LogP contribution in [-0.4, -0.2) is 38.9 Å². The summed E-state index contributed by atoms with van der Waals surface area (Å²) in [6, 6.07) is 15.3. The number of sulfonamides is 1. The molecule has 7 heteroatoms. The van der Waals surface area contributed by atoms with Gasteiger partial charge in [0.15, 0.2) is 0 Å². The second-order valence-corrected chi connectivity index (χ2v) is 10.2. The van der Waals surface area contributed by atoms with Gasteiger partial charge in [0.1, 0.15) is 5.82 Å². The van der Waals surface area contributed by atoms with E-state index < -0.39 is 10.0 Å². The Kier molecular flexibility index (Phi) is 6.31. The maximum Gasteiger partial charge on any atom is 0.309 e. The first-order valence-electron chi connectivity index (χ1n) is 10.6. The Hall–Kier alpha value is -2.77. The Labute approximate surface area is 187 Å². The molecule has 1 aliphatic rings. The van der Waals surface area contributed by atoms with Gasteiger partial charge in [0, 0.05) is 13.1 Å². The lowest BCUT2D eigenvalue weighted by molar-refractivity contribution is -0.139. The Balaban J connectivity index is 1.61. The maximum absolute atomic E-state index is 14.0. The highest BCUT2D eigenvalue weighted by Crippen LogP contribution is 2.36. The van der Waals surface area contributed by atoms with Crippen LogP contribution in [-0.2, 0) is 26.0 Å². The van der Waals surface area contributed by atoms with Gasteiger partial charge in [0.2, 0.25) is 10.0 Å². The molecule has 4 rings (SSSR count). The van der Waals surface area contributed by atoms with Crippen LogP contribution >= 0.6 is 0 Å². The molecule has 0 aromatic heterocycles. The van der Waals surface area contributed by atoms with Crippen molar-refractivity contribution in [1.29, 1.82) is 0 Å². The summed E-state index contributed by atoms with van der Waals surface area (Å²) in [5.41, 5.74) is 2.77. The van der Waals surface area contributed by atoms with Crippen LogP contribution in [0.3, 0.4) is 0 Å². The predicted octanol–water partition coefficient (Wildman–Crippen LogP) is 4.57. The smallest absolute Gasteiger partial charge is 0.309 e. The molecular formula is C25H26FNO4S. The molecule has 168 valence electrons. The van der Waals surface area contributed by atoms with Gasteiger partial charge in [-0.1, -0.05) is 35.9 Å². The highest BCUT2D eigenvalue weighted by atomic mass is 32.2. The summed E-state index contributed by atoms with van der Waals surface area (Å²) in [5, 5.41) is 1.66. The van der Waals surface area contributed by atoms with Gasteiger partial charge >= 0.3 is 5.97 Å². The number of nitrogens with zero attached hydrogens (tertiary/aromatic N) is 1. The number of rotatable bonds is 5. The van der Waals surface area contributed by atoms with Crippen molar-refractivity contribution in [3.63, 3.8) is 0 Å². The van der Waals surface area contributed by atoms with Crippen molar-refractivity contribution in [2.45, 2.75) is 37.0 Å². The summed E-state index contributed by atoms with van der Waals surface area (Å²) in [5.74, 6) is -0.586. The number of carbonyl (C=O) groups is 1. The lowest BCUT2D eigenvalue weighted by Gasteiger charge is -2.32. The fourth-order valence-electron chi connectivity index (χ4n) is 4.37. The molecule has 0 saturated carbocycles. The summed E-state index contributed by atoms with van der Waals surface area (Å²) in [7, 11) is -2.20. The molecule has 32 heavy (non-hydrogen) atoms. The number of fused-ring (bicyclic) bond motifs is 1. The topological polar surface area (TPSA) is 63.7 Å². The second-order valence-electron chi connectivity index (χ2n) is 8.29. The average molecular weight is 456 g/mol. The van der Waals surface area contributed by atoms with Crippen molar-refractivity contribution in [3.05, 3.63) is 77.1 Å². The van der Waals surface area contributed by atoms with E-state index in [0.29, 0.717) is 30.8 Å². The summed E-state index contributed by atoms with van der Waals surface area (Å²) >= 11 is 0. The number of hydrogen-bond acceptors (Lipinski definition) is 4. The number of hydrogen-bond donors (Lipinski definition) is 0. The van der Waals surface area contributed by atoms with E-state index in [-0.39, 0.29) is 24.1 Å². The zero-order chi connectivity index (χ0) is 22.9. The molecule has 0 spiro atoms. The Morgan fingerprint density at radius 2 is 1.75 bits per heavy atom. The van der Waals surface area contributed by atoms with Crippen molar-refractivity contribution in [1.82, 2.24) is 4.31 Å². The van der Waals surface area contributed by atoms with E-state index in [1.807, 2.05) is 19.1 Å². The minimum absolute atomic E-state index is 0.0707. The first kappa shape index (κ1) is 22.4. The molecule has 5 nitrogen and oxygen atoms in total. The number of piperidine rings is 1. The molecule has 1 fully saturated rings. The van der Waals surface area contributed by atoms with Gasteiger partial charge in [-0.3, -0.25) is 4.79 Å². The van der Waals surface area contributed by atoms with Crippen LogP contribution in [0.5, 0.6) is 0 Å². The minimum atomic E-state index is -3.55. The van der Waals surface area contributed by atoms with Crippen LogP contribution in [0.4, 0.5) is 4.39 Å². The van der Waals surface area contributed by atoms with Crippen molar-refractivity contribution in [2.24, 2.45) is 0 Å². The third kappa shape index (κ3) is 4.54. The van der Waals surface area contributed by atoms with Crippen LogP contribution in [0.1, 0.15) is 35.4 Å². The Bertz CT molecular complexity index is 1250. The van der Waals surface area contributed by atoms with Gasteiger partial charge in [0.25, 0.3) is 0 Å². The van der Waals surface area contributed by atoms with Crippen LogP contribution in [0.25, 0.3) is 10.8 Å². The third-order valence-electron chi connectivity index (χ3n) is 6.14. The number of esters is 1. The highest BCUT2D eigenvalue weighted by Gasteiger charge is 2.30. The molecule has 1 saturated heterocycles. The Morgan fingerprint density at radius 1 is 1.06 bits per heavy atom. The summed E-state index contributed by atoms with van der Waals surface area (Å²) in [6.07, 6.45) is 1.38. The highest BCUT2D eigenvalue weighted by molar-refractivity contribution is 7.89. The zero-order valence-corrected chi connectivity index (χ0v) is 19.0. The number of methoxy groups -OCH3 is 1. The van der Waals surface area contributed by atoms with Crippen molar-refractivity contribution in [2.75, 3.05) is 20.2 Å². The zero-order valence-electron chi connectivity index (χ0n) is 18.2. The molecule has 0 unspecified atom stereocenters. The van der Waals surface area contributed by atoms with Crippen molar-refractivity contribution >= 4 is 26.8 Å². The van der Waals surface area contributed by atoms with Gasteiger partial charge in [-0.2, -0.15) is 4.31 Å². The maximum atomic E-state index is 14.0. The predicted molar refractivity (Wildman–Crippen MR) is 122 cm³/mol. The first-order chi connectivity index (χ1) is 15.3. The second kappa shape index (κ2) is 9.00. The molecule has 0 atom stereocenters. The summed E-state index contributed by atoms with van der Waals surface area (Å²) in [4.78, 5) is 12.1. The largest absolute Gasteiger partial charge is 0.469 e. The fourth-order valence-corrected chi connectivity index (χ4v) is 5.84. The van der Waals surface area contributed by atoms with Crippen LogP contribution in [0.2, 0.25) is 0 Å². The van der Waals surface area contributed by atoms with Gasteiger partial charge in [-0.25, -0.2) is 12.8 Å². The van der Waals surface area contributed by atoms with Crippen LogP contribution in [0, 0.1) is 12.7 Å². The molecule has 0 amide bonds. The van der Waals surface area contributed by atoms with Gasteiger partial charge in [0.05, 0.1) is 18.4 Å². The first-order valence-corrected chi connectivity index (χ1v) is 12.1. The number of carbonyl (C=O) groups excluding carboxylic acids is 1. The standard InChI is InChI=1S/C25H26FNO4S/c1-17-3-7-22(8-4-17)32(29,30)27-11-9-19(10-12-27)23-14-18(15-25(28)31-2)13-20-5-6-21(26)16-24(20)23/h3-8,13-14,16,19H,9-12,15H2,1-2H3. The number of aryl methyl sites for hydroxylation is 1. The molecular weight excluding hydrogens is 429 g/mol. The van der Waals surface area contributed by atoms with E-state index >= 15 is 0 Å². The molecule has 0 aliphatic carbocycles. The van der Waals surface area contributed by atoms with E-state index in [1.54, 1.807) is 30.3 Å². The molecule has 1 heterocycles. The molecule has 0 N–H and O–H groups in total. The summed E-state index contributed by atoms with van der Waals surface area (Å²) < 4.78 is 46.4. The molecule has 0 bridgehead atoms. The number of benzene rings is 3. The van der Waals surface area contributed by atoms with Crippen LogP contribution in [0.15, 0.2) is 59.5 Å². The molecule has 3 aromatic carbocycles. The number of ether oxygens (including phenoxy) is 1. The number of halogens is 1. The van der Waals surface area contributed by atoms with E-state index in [0.717, 1.165) is 27.5 Å². The van der Waals surface area contributed by atoms with Gasteiger partial charge < -0.3 is 4.74 Å². The van der Waals surface area contributed by atoms with E-state index in [9.17, 15) is 17.6 Å². The van der Waals surface area contributed by atoms with Gasteiger partial charge in [-0.05, 0) is 71.8 Å². The van der Waals surface area contributed by atoms with Gasteiger partial charge in [-0.15, -0.1) is 0 Å². The minimum Gasteiger partial charge on any atom is -0.469 e. The van der Waals surface area contributed by atoms with E-state index in [2.05, 4.69) is 0 Å². The Morgan fingerprint density at radius 3 is 2.41 bits per heavy atom. The monoisotopic (exact) mass is 455 g/mol. The molecule has 3 aromatic rings. The fraction of sp³-hybridized carbons (Fsp3) is 0.320. The normalized spacial score (nSPS) is 15.7. The summed E-state index contributed by atoms with van der Waals surface area (Å²) in [6.45, 7) is 2.70.